The molecule has 0 amide bonds. The van der Waals surface area contributed by atoms with E-state index < -0.39 is 6.04 Å². The molecular formula is C11H12NO2S. The van der Waals surface area contributed by atoms with Crippen LogP contribution in [0.3, 0.4) is 0 Å². The number of nitrogens with two attached hydrogens (primary N) is 1. The molecule has 79 valence electrons. The topological polar surface area (TPSA) is 60.2 Å². The van der Waals surface area contributed by atoms with Gasteiger partial charge in [-0.3, -0.25) is 9.59 Å². The standard InChI is InChI=1S/C11H12NO2S/c12-9(6-13)5-8-3-1-2-4-10(8)11(14)7-15/h1-4,9,15H,5,7,12H2/t9-/m0/s1. The summed E-state index contributed by atoms with van der Waals surface area (Å²) in [5.74, 6) is 0.0869. The lowest BCUT2D eigenvalue weighted by Crippen LogP contribution is -2.25. The Bertz CT molecular complexity index is 365. The Morgan fingerprint density at radius 1 is 1.47 bits per heavy atom. The molecule has 1 atom stereocenters. The van der Waals surface area contributed by atoms with Crippen molar-refractivity contribution in [2.75, 3.05) is 5.75 Å². The monoisotopic (exact) mass is 222 g/mol. The van der Waals surface area contributed by atoms with Gasteiger partial charge in [0.25, 0.3) is 0 Å². The van der Waals surface area contributed by atoms with Crippen molar-refractivity contribution in [2.24, 2.45) is 5.73 Å². The van der Waals surface area contributed by atoms with Crippen LogP contribution in [0.25, 0.3) is 0 Å². The molecule has 15 heavy (non-hydrogen) atoms. The fourth-order valence-corrected chi connectivity index (χ4v) is 1.50. The number of rotatable bonds is 5. The third-order valence-corrected chi connectivity index (χ3v) is 2.34. The quantitative estimate of drug-likeness (QED) is 0.571. The van der Waals surface area contributed by atoms with Gasteiger partial charge in [0.05, 0.1) is 11.8 Å². The molecule has 1 aromatic carbocycles. The summed E-state index contributed by atoms with van der Waals surface area (Å²) >= 11 is 3.93. The van der Waals surface area contributed by atoms with Gasteiger partial charge < -0.3 is 5.73 Å². The molecule has 2 N–H and O–H groups in total. The molecule has 0 aromatic heterocycles. The predicted molar refractivity (Wildman–Crippen MR) is 62.0 cm³/mol. The van der Waals surface area contributed by atoms with E-state index in [-0.39, 0.29) is 11.5 Å². The Kier molecular flexibility index (Phi) is 4.52. The van der Waals surface area contributed by atoms with E-state index in [0.29, 0.717) is 12.0 Å². The van der Waals surface area contributed by atoms with Crippen molar-refractivity contribution in [3.8, 4) is 0 Å². The molecule has 0 aliphatic carbocycles. The van der Waals surface area contributed by atoms with Crippen molar-refractivity contribution in [1.82, 2.24) is 0 Å². The molecule has 1 rings (SSSR count). The third kappa shape index (κ3) is 3.18. The highest BCUT2D eigenvalue weighted by Gasteiger charge is 2.11. The number of hydrogen-bond acceptors (Lipinski definition) is 4. The predicted octanol–water partition coefficient (Wildman–Crippen LogP) is 0.779. The van der Waals surface area contributed by atoms with Gasteiger partial charge in [0, 0.05) is 5.56 Å². The third-order valence-electron chi connectivity index (χ3n) is 2.05. The first-order valence-electron chi connectivity index (χ1n) is 4.54. The summed E-state index contributed by atoms with van der Waals surface area (Å²) in [7, 11) is 0. The van der Waals surface area contributed by atoms with Crippen LogP contribution >= 0.6 is 12.6 Å². The van der Waals surface area contributed by atoms with Crippen molar-refractivity contribution in [3.05, 3.63) is 35.4 Å². The fourth-order valence-electron chi connectivity index (χ4n) is 1.33. The number of carbonyl (C=O) groups excluding carboxylic acids is 2. The molecule has 0 fully saturated rings. The van der Waals surface area contributed by atoms with E-state index in [1.165, 1.54) is 0 Å². The summed E-state index contributed by atoms with van der Waals surface area (Å²) in [4.78, 5) is 21.8. The van der Waals surface area contributed by atoms with Crippen LogP contribution in [0.2, 0.25) is 0 Å². The molecule has 0 saturated carbocycles. The normalized spacial score (nSPS) is 12.1. The molecule has 0 aliphatic rings. The van der Waals surface area contributed by atoms with Crippen LogP contribution < -0.4 is 5.73 Å². The van der Waals surface area contributed by atoms with Gasteiger partial charge in [0.2, 0.25) is 6.29 Å². The minimum atomic E-state index is -0.682. The fraction of sp³-hybridized carbons (Fsp3) is 0.273. The molecule has 0 heterocycles. The average Bonchev–Trinajstić information content (AvgIpc) is 2.28. The SMILES string of the molecule is N[C@H]([C]=O)Cc1ccccc1C(=O)CS. The Morgan fingerprint density at radius 3 is 2.73 bits per heavy atom. The Balaban J connectivity index is 2.95. The van der Waals surface area contributed by atoms with Gasteiger partial charge in [-0.1, -0.05) is 24.3 Å². The van der Waals surface area contributed by atoms with E-state index in [4.69, 9.17) is 5.73 Å². The maximum Gasteiger partial charge on any atom is 0.217 e. The molecule has 1 aromatic rings. The van der Waals surface area contributed by atoms with Crippen LogP contribution in [0.5, 0.6) is 0 Å². The van der Waals surface area contributed by atoms with Crippen LogP contribution in [0.1, 0.15) is 15.9 Å². The van der Waals surface area contributed by atoms with Crippen LogP contribution in [0.15, 0.2) is 24.3 Å². The minimum absolute atomic E-state index is 0.0629. The lowest BCUT2D eigenvalue weighted by atomic mass is 9.99. The van der Waals surface area contributed by atoms with E-state index in [0.717, 1.165) is 5.56 Å². The van der Waals surface area contributed by atoms with Crippen LogP contribution in [-0.2, 0) is 11.2 Å². The van der Waals surface area contributed by atoms with E-state index >= 15 is 0 Å². The highest BCUT2D eigenvalue weighted by Crippen LogP contribution is 2.11. The van der Waals surface area contributed by atoms with Crippen LogP contribution in [-0.4, -0.2) is 23.9 Å². The largest absolute Gasteiger partial charge is 0.321 e. The zero-order chi connectivity index (χ0) is 11.3. The number of benzene rings is 1. The molecule has 4 heteroatoms. The Labute approximate surface area is 94.1 Å². The van der Waals surface area contributed by atoms with Crippen molar-refractivity contribution >= 4 is 24.7 Å². The van der Waals surface area contributed by atoms with Crippen molar-refractivity contribution in [1.29, 1.82) is 0 Å². The molecular weight excluding hydrogens is 210 g/mol. The maximum absolute atomic E-state index is 11.5. The van der Waals surface area contributed by atoms with E-state index in [1.54, 1.807) is 24.5 Å². The smallest absolute Gasteiger partial charge is 0.217 e. The molecule has 0 unspecified atom stereocenters. The van der Waals surface area contributed by atoms with Gasteiger partial charge >= 0.3 is 0 Å². The average molecular weight is 222 g/mol. The van der Waals surface area contributed by atoms with E-state index in [9.17, 15) is 9.59 Å². The number of ketones is 1. The molecule has 0 saturated heterocycles. The Morgan fingerprint density at radius 2 is 2.13 bits per heavy atom. The number of hydrogen-bond donors (Lipinski definition) is 2. The first-order chi connectivity index (χ1) is 7.19. The molecule has 0 aliphatic heterocycles. The van der Waals surface area contributed by atoms with Gasteiger partial charge in [0.15, 0.2) is 5.78 Å². The molecule has 0 bridgehead atoms. The van der Waals surface area contributed by atoms with Crippen LogP contribution in [0, 0.1) is 0 Å². The zero-order valence-electron chi connectivity index (χ0n) is 8.14. The second-order valence-corrected chi connectivity index (χ2v) is 3.48. The van der Waals surface area contributed by atoms with Crippen LogP contribution in [0.4, 0.5) is 0 Å². The highest BCUT2D eigenvalue weighted by atomic mass is 32.1. The van der Waals surface area contributed by atoms with E-state index in [2.05, 4.69) is 12.6 Å². The lowest BCUT2D eigenvalue weighted by molar-refractivity contribution is 0.102. The second kappa shape index (κ2) is 5.68. The number of thiol groups is 1. The molecule has 0 spiro atoms. The first-order valence-corrected chi connectivity index (χ1v) is 5.17. The summed E-state index contributed by atoms with van der Waals surface area (Å²) in [6.07, 6.45) is 2.03. The van der Waals surface area contributed by atoms with Gasteiger partial charge in [-0.25, -0.2) is 0 Å². The summed E-state index contributed by atoms with van der Waals surface area (Å²) in [5.41, 5.74) is 6.81. The van der Waals surface area contributed by atoms with E-state index in [1.807, 2.05) is 6.07 Å². The number of carbonyl (C=O) groups is 1. The summed E-state index contributed by atoms with van der Waals surface area (Å²) < 4.78 is 0. The molecule has 3 nitrogen and oxygen atoms in total. The van der Waals surface area contributed by atoms with Gasteiger partial charge in [-0.05, 0) is 12.0 Å². The lowest BCUT2D eigenvalue weighted by Gasteiger charge is -2.08. The summed E-state index contributed by atoms with van der Waals surface area (Å²) in [6.45, 7) is 0. The minimum Gasteiger partial charge on any atom is -0.321 e. The van der Waals surface area contributed by atoms with Crippen molar-refractivity contribution < 1.29 is 9.59 Å². The highest BCUT2D eigenvalue weighted by molar-refractivity contribution is 7.81. The maximum atomic E-state index is 11.5. The summed E-state index contributed by atoms with van der Waals surface area (Å²) in [6, 6.07) is 6.40. The second-order valence-electron chi connectivity index (χ2n) is 3.17. The van der Waals surface area contributed by atoms with Gasteiger partial charge in [-0.15, -0.1) is 0 Å². The van der Waals surface area contributed by atoms with Gasteiger partial charge in [-0.2, -0.15) is 12.6 Å². The number of Topliss-reactive ketones (excluding diaryl/α,β-unsaturated/α-hetero) is 1. The van der Waals surface area contributed by atoms with Gasteiger partial charge in [0.1, 0.15) is 0 Å². The first kappa shape index (κ1) is 11.9. The van der Waals surface area contributed by atoms with Crippen molar-refractivity contribution in [2.45, 2.75) is 12.5 Å². The van der Waals surface area contributed by atoms with Crippen molar-refractivity contribution in [3.63, 3.8) is 0 Å². The summed E-state index contributed by atoms with van der Waals surface area (Å²) in [5, 5.41) is 0. The zero-order valence-corrected chi connectivity index (χ0v) is 9.04. The Hall–Kier alpha value is -1.13. The molecule has 1 radical (unpaired) electrons.